The Hall–Kier alpha value is -1.10. The lowest BCUT2D eigenvalue weighted by Crippen LogP contribution is -2.66. The average molecular weight is 266 g/mol. The molecule has 1 fully saturated rings. The van der Waals surface area contributed by atoms with Crippen LogP contribution in [0.2, 0.25) is 0 Å². The zero-order valence-electron chi connectivity index (χ0n) is 9.39. The Morgan fingerprint density at radius 1 is 1.28 bits per heavy atom. The predicted molar refractivity (Wildman–Crippen MR) is 51.7 cm³/mol. The number of esters is 1. The van der Waals surface area contributed by atoms with Crippen LogP contribution in [0.25, 0.3) is 0 Å². The minimum Gasteiger partial charge on any atom is -0.400 e. The van der Waals surface area contributed by atoms with Crippen molar-refractivity contribution in [2.45, 2.75) is 37.3 Å². The van der Waals surface area contributed by atoms with E-state index in [9.17, 15) is 30.0 Å². The van der Waals surface area contributed by atoms with Gasteiger partial charge >= 0.3 is 11.9 Å². The molecule has 1 rings (SSSR count). The number of Topliss-reactive ketones (excluding diaryl/α,β-unsaturated/α-hetero) is 1. The second-order valence-corrected chi connectivity index (χ2v) is 3.84. The highest BCUT2D eigenvalue weighted by Crippen LogP contribution is 2.29. The molecule has 9 nitrogen and oxygen atoms in total. The standard InChI is InChI=1S/C9H14O9/c1-3(11)8(15)18-9(16)7(14)6(13)5(12)4(2-10)17-9/h4-7,10,12-14,16H,2H2,1H3/t4-,5-,6+,7+,9+/m1/s1. The summed E-state index contributed by atoms with van der Waals surface area (Å²) in [5, 5.41) is 46.8. The van der Waals surface area contributed by atoms with Gasteiger partial charge in [0.1, 0.15) is 18.3 Å². The maximum absolute atomic E-state index is 11.0. The largest absolute Gasteiger partial charge is 0.400 e. The van der Waals surface area contributed by atoms with Crippen LogP contribution in [0.1, 0.15) is 6.92 Å². The molecule has 0 saturated carbocycles. The Labute approximate surface area is 101 Å². The SMILES string of the molecule is CC(=O)C(=O)O[C@@]1(O)O[C@H](CO)[C@@H](O)[C@H](O)[C@@H]1O. The van der Waals surface area contributed by atoms with E-state index in [-0.39, 0.29) is 0 Å². The summed E-state index contributed by atoms with van der Waals surface area (Å²) in [6, 6.07) is 0. The molecule has 0 aromatic carbocycles. The fourth-order valence-electron chi connectivity index (χ4n) is 1.41. The molecule has 0 aromatic heterocycles. The number of ether oxygens (including phenoxy) is 2. The second kappa shape index (κ2) is 5.26. The molecule has 1 aliphatic rings. The van der Waals surface area contributed by atoms with Gasteiger partial charge in [-0.1, -0.05) is 0 Å². The van der Waals surface area contributed by atoms with Crippen LogP contribution in [0.4, 0.5) is 0 Å². The molecule has 104 valence electrons. The third-order valence-electron chi connectivity index (χ3n) is 2.45. The Bertz CT molecular complexity index is 341. The van der Waals surface area contributed by atoms with Crippen molar-refractivity contribution in [2.75, 3.05) is 6.61 Å². The monoisotopic (exact) mass is 266 g/mol. The first-order valence-electron chi connectivity index (χ1n) is 5.02. The van der Waals surface area contributed by atoms with Gasteiger partial charge in [-0.25, -0.2) is 4.79 Å². The van der Waals surface area contributed by atoms with Crippen molar-refractivity contribution in [3.8, 4) is 0 Å². The summed E-state index contributed by atoms with van der Waals surface area (Å²) in [6.45, 7) is 0.0422. The number of aliphatic hydroxyl groups is 5. The summed E-state index contributed by atoms with van der Waals surface area (Å²) in [6.07, 6.45) is -7.31. The number of hydrogen-bond acceptors (Lipinski definition) is 9. The minimum absolute atomic E-state index is 0.815. The first-order chi connectivity index (χ1) is 8.23. The van der Waals surface area contributed by atoms with Crippen LogP contribution in [0.5, 0.6) is 0 Å². The molecule has 5 atom stereocenters. The number of rotatable bonds is 3. The first-order valence-corrected chi connectivity index (χ1v) is 5.02. The van der Waals surface area contributed by atoms with E-state index in [0.29, 0.717) is 0 Å². The van der Waals surface area contributed by atoms with Crippen LogP contribution in [0.3, 0.4) is 0 Å². The summed E-state index contributed by atoms with van der Waals surface area (Å²) < 4.78 is 8.81. The van der Waals surface area contributed by atoms with E-state index < -0.39 is 48.7 Å². The van der Waals surface area contributed by atoms with Crippen LogP contribution < -0.4 is 0 Å². The smallest absolute Gasteiger partial charge is 0.378 e. The average Bonchev–Trinajstić information content (AvgIpc) is 2.31. The molecule has 18 heavy (non-hydrogen) atoms. The van der Waals surface area contributed by atoms with E-state index in [1.165, 1.54) is 0 Å². The molecule has 9 heteroatoms. The van der Waals surface area contributed by atoms with Gasteiger partial charge in [-0.05, 0) is 0 Å². The van der Waals surface area contributed by atoms with E-state index in [1.807, 2.05) is 0 Å². The predicted octanol–water partition coefficient (Wildman–Crippen LogP) is -3.76. The molecule has 0 bridgehead atoms. The van der Waals surface area contributed by atoms with Gasteiger partial charge in [-0.2, -0.15) is 0 Å². The Balaban J connectivity index is 2.91. The highest BCUT2D eigenvalue weighted by atomic mass is 16.8. The van der Waals surface area contributed by atoms with E-state index in [4.69, 9.17) is 5.11 Å². The van der Waals surface area contributed by atoms with Crippen molar-refractivity contribution in [2.24, 2.45) is 0 Å². The summed E-state index contributed by atoms with van der Waals surface area (Å²) in [5.74, 6) is -5.59. The van der Waals surface area contributed by atoms with E-state index >= 15 is 0 Å². The summed E-state index contributed by atoms with van der Waals surface area (Å²) in [5.41, 5.74) is 0. The Morgan fingerprint density at radius 2 is 1.83 bits per heavy atom. The number of ketones is 1. The van der Waals surface area contributed by atoms with Crippen LogP contribution in [-0.4, -0.2) is 74.3 Å². The van der Waals surface area contributed by atoms with Crippen LogP contribution >= 0.6 is 0 Å². The lowest BCUT2D eigenvalue weighted by Gasteiger charge is -2.43. The second-order valence-electron chi connectivity index (χ2n) is 3.84. The maximum atomic E-state index is 11.0. The normalized spacial score (nSPS) is 40.3. The number of aliphatic hydroxyl groups excluding tert-OH is 4. The fraction of sp³-hybridized carbons (Fsp3) is 0.778. The van der Waals surface area contributed by atoms with Gasteiger partial charge in [0.2, 0.25) is 5.78 Å². The molecule has 0 aliphatic carbocycles. The molecule has 0 aromatic rings. The zero-order chi connectivity index (χ0) is 14.1. The van der Waals surface area contributed by atoms with Gasteiger partial charge in [0.05, 0.1) is 6.61 Å². The quantitative estimate of drug-likeness (QED) is 0.197. The Kier molecular flexibility index (Phi) is 4.37. The number of hydrogen-bond donors (Lipinski definition) is 5. The fourth-order valence-corrected chi connectivity index (χ4v) is 1.41. The lowest BCUT2D eigenvalue weighted by molar-refractivity contribution is -0.433. The third kappa shape index (κ3) is 2.66. The van der Waals surface area contributed by atoms with E-state index in [0.717, 1.165) is 6.92 Å². The molecule has 1 heterocycles. The number of carbonyl (C=O) groups is 2. The first kappa shape index (κ1) is 15.0. The van der Waals surface area contributed by atoms with Crippen molar-refractivity contribution < 1.29 is 44.6 Å². The molecule has 0 amide bonds. The van der Waals surface area contributed by atoms with Gasteiger partial charge in [0.15, 0.2) is 6.10 Å². The van der Waals surface area contributed by atoms with Crippen LogP contribution in [0, 0.1) is 0 Å². The summed E-state index contributed by atoms with van der Waals surface area (Å²) in [7, 11) is 0. The summed E-state index contributed by atoms with van der Waals surface area (Å²) >= 11 is 0. The molecular weight excluding hydrogens is 252 g/mol. The van der Waals surface area contributed by atoms with Crippen LogP contribution in [-0.2, 0) is 19.1 Å². The number of carbonyl (C=O) groups excluding carboxylic acids is 2. The van der Waals surface area contributed by atoms with Gasteiger partial charge in [0, 0.05) is 6.92 Å². The third-order valence-corrected chi connectivity index (χ3v) is 2.45. The minimum atomic E-state index is -3.02. The van der Waals surface area contributed by atoms with E-state index in [1.54, 1.807) is 0 Å². The highest BCUT2D eigenvalue weighted by Gasteiger charge is 2.56. The highest BCUT2D eigenvalue weighted by molar-refractivity contribution is 6.32. The lowest BCUT2D eigenvalue weighted by atomic mass is 9.98. The molecule has 1 saturated heterocycles. The van der Waals surface area contributed by atoms with Crippen LogP contribution in [0.15, 0.2) is 0 Å². The maximum Gasteiger partial charge on any atom is 0.378 e. The van der Waals surface area contributed by atoms with Crippen molar-refractivity contribution in [1.29, 1.82) is 0 Å². The van der Waals surface area contributed by atoms with Gasteiger partial charge in [-0.3, -0.25) is 4.79 Å². The molecule has 5 N–H and O–H groups in total. The summed E-state index contributed by atoms with van der Waals surface area (Å²) in [4.78, 5) is 21.7. The molecule has 1 aliphatic heterocycles. The van der Waals surface area contributed by atoms with Crippen molar-refractivity contribution >= 4 is 11.8 Å². The van der Waals surface area contributed by atoms with E-state index in [2.05, 4.69) is 9.47 Å². The van der Waals surface area contributed by atoms with Gasteiger partial charge in [-0.15, -0.1) is 0 Å². The topological polar surface area (TPSA) is 154 Å². The van der Waals surface area contributed by atoms with Gasteiger partial charge < -0.3 is 35.0 Å². The van der Waals surface area contributed by atoms with Crippen molar-refractivity contribution in [3.05, 3.63) is 0 Å². The van der Waals surface area contributed by atoms with Crippen molar-refractivity contribution in [3.63, 3.8) is 0 Å². The molecule has 0 unspecified atom stereocenters. The molecule has 0 spiro atoms. The van der Waals surface area contributed by atoms with Gasteiger partial charge in [0.25, 0.3) is 0 Å². The van der Waals surface area contributed by atoms with Crippen molar-refractivity contribution in [1.82, 2.24) is 0 Å². The molecular formula is C9H14O9. The zero-order valence-corrected chi connectivity index (χ0v) is 9.39. The Morgan fingerprint density at radius 3 is 2.28 bits per heavy atom. The molecule has 0 radical (unpaired) electrons.